The van der Waals surface area contributed by atoms with Gasteiger partial charge in [-0.2, -0.15) is 0 Å². The summed E-state index contributed by atoms with van der Waals surface area (Å²) in [5.41, 5.74) is 3.69. The van der Waals surface area contributed by atoms with Gasteiger partial charge in [-0.3, -0.25) is 13.9 Å². The van der Waals surface area contributed by atoms with E-state index in [1.54, 1.807) is 35.4 Å². The highest BCUT2D eigenvalue weighted by atomic mass is 32.1. The van der Waals surface area contributed by atoms with Gasteiger partial charge in [0.25, 0.3) is 5.91 Å². The van der Waals surface area contributed by atoms with Crippen LogP contribution in [0.4, 0.5) is 0 Å². The number of fused-ring (bicyclic) bond motifs is 1. The van der Waals surface area contributed by atoms with Gasteiger partial charge in [-0.25, -0.2) is 4.79 Å². The number of carbonyl (C=O) groups is 1. The molecule has 0 N–H and O–H groups in total. The summed E-state index contributed by atoms with van der Waals surface area (Å²) in [7, 11) is 3.45. The van der Waals surface area contributed by atoms with E-state index in [0.29, 0.717) is 24.4 Å². The first-order valence-electron chi connectivity index (χ1n) is 10.1. The summed E-state index contributed by atoms with van der Waals surface area (Å²) in [6.45, 7) is 3.13. The zero-order chi connectivity index (χ0) is 21.7. The molecule has 5 rings (SSSR count). The quantitative estimate of drug-likeness (QED) is 0.488. The standard InChI is InChI=1S/C21H22N6O3S/c1-12-9-17(30-23-12)19-18(22-24-31-19)14-5-4-8-27(11-14)20(28)13-6-7-15-16(10-13)26(3)21(29)25(15)2/h6-7,9-10,14H,4-5,8,11H2,1-3H3. The van der Waals surface area contributed by atoms with Crippen LogP contribution in [0.15, 0.2) is 33.6 Å². The molecule has 1 amide bonds. The lowest BCUT2D eigenvalue weighted by Crippen LogP contribution is -2.39. The van der Waals surface area contributed by atoms with E-state index < -0.39 is 0 Å². The molecule has 3 aromatic heterocycles. The molecule has 10 heteroatoms. The lowest BCUT2D eigenvalue weighted by atomic mass is 9.93. The van der Waals surface area contributed by atoms with Crippen molar-refractivity contribution in [1.82, 2.24) is 28.8 Å². The molecule has 1 saturated heterocycles. The number of likely N-dealkylation sites (tertiary alicyclic amines) is 1. The van der Waals surface area contributed by atoms with Gasteiger partial charge in [-0.05, 0) is 49.5 Å². The van der Waals surface area contributed by atoms with Gasteiger partial charge in [0.2, 0.25) is 0 Å². The number of imidazole rings is 1. The Morgan fingerprint density at radius 2 is 2.00 bits per heavy atom. The molecule has 0 bridgehead atoms. The summed E-state index contributed by atoms with van der Waals surface area (Å²) in [6, 6.07) is 7.31. The third-order valence-electron chi connectivity index (χ3n) is 5.98. The number of aryl methyl sites for hydroxylation is 3. The highest BCUT2D eigenvalue weighted by molar-refractivity contribution is 7.09. The number of hydrogen-bond donors (Lipinski definition) is 0. The fourth-order valence-electron chi connectivity index (χ4n) is 4.31. The Hall–Kier alpha value is -3.27. The molecule has 0 spiro atoms. The molecule has 0 saturated carbocycles. The van der Waals surface area contributed by atoms with Gasteiger partial charge in [0.15, 0.2) is 5.76 Å². The van der Waals surface area contributed by atoms with Crippen molar-refractivity contribution in [3.8, 4) is 10.6 Å². The van der Waals surface area contributed by atoms with E-state index in [1.165, 1.54) is 11.5 Å². The first kappa shape index (κ1) is 19.7. The second kappa shape index (κ2) is 7.45. The van der Waals surface area contributed by atoms with Crippen LogP contribution in [0.25, 0.3) is 21.7 Å². The molecular formula is C21H22N6O3S. The summed E-state index contributed by atoms with van der Waals surface area (Å²) < 4.78 is 12.7. The number of carbonyl (C=O) groups excluding carboxylic acids is 1. The summed E-state index contributed by atoms with van der Waals surface area (Å²) in [5.74, 6) is 0.714. The van der Waals surface area contributed by atoms with Crippen LogP contribution < -0.4 is 5.69 Å². The van der Waals surface area contributed by atoms with E-state index in [1.807, 2.05) is 24.0 Å². The van der Waals surface area contributed by atoms with E-state index in [-0.39, 0.29) is 17.5 Å². The maximum atomic E-state index is 13.3. The van der Waals surface area contributed by atoms with Gasteiger partial charge in [-0.1, -0.05) is 9.64 Å². The van der Waals surface area contributed by atoms with Crippen molar-refractivity contribution in [2.75, 3.05) is 13.1 Å². The molecule has 1 aromatic carbocycles. The van der Waals surface area contributed by atoms with Crippen molar-refractivity contribution in [3.05, 3.63) is 51.7 Å². The van der Waals surface area contributed by atoms with Crippen LogP contribution in [0.2, 0.25) is 0 Å². The van der Waals surface area contributed by atoms with Crippen molar-refractivity contribution in [2.45, 2.75) is 25.7 Å². The van der Waals surface area contributed by atoms with Crippen LogP contribution in [0, 0.1) is 6.92 Å². The molecule has 0 radical (unpaired) electrons. The summed E-state index contributed by atoms with van der Waals surface area (Å²) in [6.07, 6.45) is 1.82. The second-order valence-corrected chi connectivity index (χ2v) is 8.77. The predicted octanol–water partition coefficient (Wildman–Crippen LogP) is 2.71. The van der Waals surface area contributed by atoms with Gasteiger partial charge in [0.1, 0.15) is 4.88 Å². The van der Waals surface area contributed by atoms with E-state index in [4.69, 9.17) is 4.52 Å². The lowest BCUT2D eigenvalue weighted by Gasteiger charge is -2.32. The van der Waals surface area contributed by atoms with E-state index in [9.17, 15) is 9.59 Å². The van der Waals surface area contributed by atoms with Crippen LogP contribution in [0.3, 0.4) is 0 Å². The minimum Gasteiger partial charge on any atom is -0.355 e. The van der Waals surface area contributed by atoms with Crippen LogP contribution >= 0.6 is 11.5 Å². The number of benzene rings is 1. The number of aromatic nitrogens is 5. The van der Waals surface area contributed by atoms with E-state index in [2.05, 4.69) is 14.7 Å². The highest BCUT2D eigenvalue weighted by Gasteiger charge is 2.30. The molecule has 1 unspecified atom stereocenters. The van der Waals surface area contributed by atoms with Crippen molar-refractivity contribution in [3.63, 3.8) is 0 Å². The average Bonchev–Trinajstić information content (AvgIpc) is 3.49. The van der Waals surface area contributed by atoms with Gasteiger partial charge in [0.05, 0.1) is 22.4 Å². The minimum atomic E-state index is -0.108. The Bertz CT molecular complexity index is 1350. The number of hydrogen-bond acceptors (Lipinski definition) is 7. The zero-order valence-corrected chi connectivity index (χ0v) is 18.3. The SMILES string of the molecule is Cc1cc(-c2snnc2C2CCCN(C(=O)c3ccc4c(c3)n(C)c(=O)n4C)C2)on1. The monoisotopic (exact) mass is 438 g/mol. The number of amides is 1. The van der Waals surface area contributed by atoms with Crippen LogP contribution in [-0.2, 0) is 14.1 Å². The Balaban J connectivity index is 1.42. The molecule has 0 aliphatic carbocycles. The van der Waals surface area contributed by atoms with Gasteiger partial charge in [-0.15, -0.1) is 5.10 Å². The topological polar surface area (TPSA) is 99.1 Å². The molecule has 1 fully saturated rings. The Morgan fingerprint density at radius 3 is 2.77 bits per heavy atom. The van der Waals surface area contributed by atoms with Gasteiger partial charge < -0.3 is 9.42 Å². The lowest BCUT2D eigenvalue weighted by molar-refractivity contribution is 0.0706. The Morgan fingerprint density at radius 1 is 1.19 bits per heavy atom. The predicted molar refractivity (Wildman–Crippen MR) is 116 cm³/mol. The zero-order valence-electron chi connectivity index (χ0n) is 17.5. The van der Waals surface area contributed by atoms with Crippen LogP contribution in [-0.4, -0.2) is 47.8 Å². The van der Waals surface area contributed by atoms with Gasteiger partial charge >= 0.3 is 5.69 Å². The fourth-order valence-corrected chi connectivity index (χ4v) is 5.01. The Labute approximate surface area is 182 Å². The molecule has 1 aliphatic heterocycles. The van der Waals surface area contributed by atoms with Crippen molar-refractivity contribution < 1.29 is 9.32 Å². The summed E-state index contributed by atoms with van der Waals surface area (Å²) in [4.78, 5) is 28.2. The maximum absolute atomic E-state index is 13.3. The highest BCUT2D eigenvalue weighted by Crippen LogP contribution is 2.36. The normalized spacial score (nSPS) is 16.9. The summed E-state index contributed by atoms with van der Waals surface area (Å²) in [5, 5.41) is 8.33. The summed E-state index contributed by atoms with van der Waals surface area (Å²) >= 11 is 1.29. The smallest absolute Gasteiger partial charge is 0.328 e. The largest absolute Gasteiger partial charge is 0.355 e. The number of piperidine rings is 1. The van der Waals surface area contributed by atoms with Crippen LogP contribution in [0.1, 0.15) is 40.5 Å². The molecular weight excluding hydrogens is 416 g/mol. The second-order valence-electron chi connectivity index (χ2n) is 8.01. The molecule has 1 atom stereocenters. The Kier molecular flexibility index (Phi) is 4.73. The molecule has 4 aromatic rings. The molecule has 4 heterocycles. The van der Waals surface area contributed by atoms with Crippen LogP contribution in [0.5, 0.6) is 0 Å². The minimum absolute atomic E-state index is 0.0387. The molecule has 160 valence electrons. The van der Waals surface area contributed by atoms with Crippen molar-refractivity contribution in [1.29, 1.82) is 0 Å². The maximum Gasteiger partial charge on any atom is 0.328 e. The van der Waals surface area contributed by atoms with E-state index in [0.717, 1.165) is 40.1 Å². The third-order valence-corrected chi connectivity index (χ3v) is 6.74. The van der Waals surface area contributed by atoms with Crippen molar-refractivity contribution >= 4 is 28.5 Å². The third kappa shape index (κ3) is 3.27. The first-order valence-corrected chi connectivity index (χ1v) is 10.9. The molecule has 1 aliphatic rings. The van der Waals surface area contributed by atoms with Crippen molar-refractivity contribution in [2.24, 2.45) is 14.1 Å². The average molecular weight is 439 g/mol. The van der Waals surface area contributed by atoms with E-state index >= 15 is 0 Å². The number of nitrogens with zero attached hydrogens (tertiary/aromatic N) is 6. The van der Waals surface area contributed by atoms with Gasteiger partial charge in [0, 0.05) is 44.7 Å². The number of rotatable bonds is 3. The molecule has 9 nitrogen and oxygen atoms in total. The fraction of sp³-hybridized carbons (Fsp3) is 0.381. The molecule has 31 heavy (non-hydrogen) atoms. The first-order chi connectivity index (χ1) is 14.9.